The Morgan fingerprint density at radius 1 is 1.33 bits per heavy atom. The van der Waals surface area contributed by atoms with Crippen LogP contribution in [0.5, 0.6) is 5.75 Å². The van der Waals surface area contributed by atoms with Crippen molar-refractivity contribution in [2.24, 2.45) is 5.73 Å². The second kappa shape index (κ2) is 4.06. The minimum Gasteiger partial charge on any atom is -0.494 e. The number of rotatable bonds is 2. The topological polar surface area (TPSA) is 35.2 Å². The molecular formula is C9H9F4NO. The normalized spacial score (nSPS) is 13.7. The van der Waals surface area contributed by atoms with Crippen LogP contribution in [0.2, 0.25) is 0 Å². The molecule has 0 saturated carbocycles. The van der Waals surface area contributed by atoms with Crippen molar-refractivity contribution in [2.45, 2.75) is 12.2 Å². The molecule has 0 amide bonds. The fourth-order valence-corrected chi connectivity index (χ4v) is 1.10. The Kier molecular flexibility index (Phi) is 3.18. The summed E-state index contributed by atoms with van der Waals surface area (Å²) in [7, 11) is 1.17. The summed E-state index contributed by atoms with van der Waals surface area (Å²) >= 11 is 0. The first-order valence-electron chi connectivity index (χ1n) is 4.02. The van der Waals surface area contributed by atoms with Crippen LogP contribution in [-0.2, 0) is 0 Å². The lowest BCUT2D eigenvalue weighted by atomic mass is 10.1. The van der Waals surface area contributed by atoms with Gasteiger partial charge in [-0.15, -0.1) is 0 Å². The molecule has 6 heteroatoms. The molecule has 0 spiro atoms. The first-order valence-corrected chi connectivity index (χ1v) is 4.02. The highest BCUT2D eigenvalue weighted by Gasteiger charge is 2.39. The summed E-state index contributed by atoms with van der Waals surface area (Å²) in [6.07, 6.45) is -4.67. The fraction of sp³-hybridized carbons (Fsp3) is 0.333. The van der Waals surface area contributed by atoms with E-state index in [4.69, 9.17) is 5.73 Å². The summed E-state index contributed by atoms with van der Waals surface area (Å²) in [4.78, 5) is 0. The first kappa shape index (κ1) is 11.8. The third kappa shape index (κ3) is 2.38. The van der Waals surface area contributed by atoms with Crippen LogP contribution in [0.15, 0.2) is 18.2 Å². The maximum atomic E-state index is 13.3. The maximum Gasteiger partial charge on any atom is 0.407 e. The molecule has 0 aliphatic carbocycles. The largest absolute Gasteiger partial charge is 0.494 e. The van der Waals surface area contributed by atoms with Crippen molar-refractivity contribution in [2.75, 3.05) is 7.11 Å². The lowest BCUT2D eigenvalue weighted by molar-refractivity contribution is -0.149. The highest BCUT2D eigenvalue weighted by atomic mass is 19.4. The van der Waals surface area contributed by atoms with Gasteiger partial charge in [-0.3, -0.25) is 0 Å². The van der Waals surface area contributed by atoms with Gasteiger partial charge in [0, 0.05) is 5.56 Å². The van der Waals surface area contributed by atoms with Crippen LogP contribution in [0.25, 0.3) is 0 Å². The Bertz CT molecular complexity index is 350. The van der Waals surface area contributed by atoms with Gasteiger partial charge in [0.1, 0.15) is 6.04 Å². The van der Waals surface area contributed by atoms with Crippen molar-refractivity contribution in [3.8, 4) is 5.75 Å². The van der Waals surface area contributed by atoms with Crippen LogP contribution in [-0.4, -0.2) is 13.3 Å². The number of halogens is 4. The summed E-state index contributed by atoms with van der Waals surface area (Å²) in [5, 5.41) is 0. The van der Waals surface area contributed by atoms with Gasteiger partial charge in [-0.25, -0.2) is 4.39 Å². The average Bonchev–Trinajstić information content (AvgIpc) is 2.16. The lowest BCUT2D eigenvalue weighted by Crippen LogP contribution is -2.29. The van der Waals surface area contributed by atoms with E-state index in [9.17, 15) is 17.6 Å². The second-order valence-corrected chi connectivity index (χ2v) is 2.88. The molecule has 0 unspecified atom stereocenters. The minimum absolute atomic E-state index is 0.257. The summed E-state index contributed by atoms with van der Waals surface area (Å²) in [6.45, 7) is 0. The monoisotopic (exact) mass is 223 g/mol. The van der Waals surface area contributed by atoms with Crippen molar-refractivity contribution in [1.82, 2.24) is 0 Å². The molecule has 1 aromatic rings. The molecule has 0 fully saturated rings. The molecule has 15 heavy (non-hydrogen) atoms. The van der Waals surface area contributed by atoms with Gasteiger partial charge in [-0.05, 0) is 6.07 Å². The van der Waals surface area contributed by atoms with Gasteiger partial charge < -0.3 is 10.5 Å². The number of ether oxygens (including phenoxy) is 1. The van der Waals surface area contributed by atoms with E-state index in [2.05, 4.69) is 4.74 Å². The molecule has 0 radical (unpaired) electrons. The smallest absolute Gasteiger partial charge is 0.407 e. The lowest BCUT2D eigenvalue weighted by Gasteiger charge is -2.17. The summed E-state index contributed by atoms with van der Waals surface area (Å²) in [5.74, 6) is -1.34. The van der Waals surface area contributed by atoms with E-state index in [1.807, 2.05) is 0 Å². The Labute approximate surface area is 83.6 Å². The minimum atomic E-state index is -4.67. The average molecular weight is 223 g/mol. The molecule has 2 N–H and O–H groups in total. The van der Waals surface area contributed by atoms with Gasteiger partial charge in [-0.2, -0.15) is 13.2 Å². The zero-order valence-electron chi connectivity index (χ0n) is 7.81. The van der Waals surface area contributed by atoms with Crippen molar-refractivity contribution >= 4 is 0 Å². The Morgan fingerprint density at radius 2 is 1.93 bits per heavy atom. The zero-order valence-corrected chi connectivity index (χ0v) is 7.81. The summed E-state index contributed by atoms with van der Waals surface area (Å²) in [5.41, 5.74) is 4.25. The van der Waals surface area contributed by atoms with Crippen molar-refractivity contribution in [3.05, 3.63) is 29.6 Å². The number of benzene rings is 1. The summed E-state index contributed by atoms with van der Waals surface area (Å²) < 4.78 is 54.6. The number of hydrogen-bond acceptors (Lipinski definition) is 2. The number of nitrogens with two attached hydrogens (primary N) is 1. The van der Waals surface area contributed by atoms with Gasteiger partial charge in [0.05, 0.1) is 7.11 Å². The second-order valence-electron chi connectivity index (χ2n) is 2.88. The van der Waals surface area contributed by atoms with Gasteiger partial charge >= 0.3 is 6.18 Å². The third-order valence-corrected chi connectivity index (χ3v) is 1.90. The van der Waals surface area contributed by atoms with Crippen LogP contribution in [0.4, 0.5) is 17.6 Å². The molecule has 0 heterocycles. The van der Waals surface area contributed by atoms with E-state index >= 15 is 0 Å². The number of methoxy groups -OCH3 is 1. The Morgan fingerprint density at radius 3 is 2.40 bits per heavy atom. The van der Waals surface area contributed by atoms with Gasteiger partial charge in [0.15, 0.2) is 11.6 Å². The van der Waals surface area contributed by atoms with Gasteiger partial charge in [-0.1, -0.05) is 12.1 Å². The van der Waals surface area contributed by atoms with E-state index in [-0.39, 0.29) is 5.75 Å². The molecule has 1 rings (SSSR count). The van der Waals surface area contributed by atoms with Crippen LogP contribution in [0.1, 0.15) is 11.6 Å². The molecular weight excluding hydrogens is 214 g/mol. The molecule has 0 aliphatic heterocycles. The van der Waals surface area contributed by atoms with E-state index in [1.54, 1.807) is 0 Å². The predicted octanol–water partition coefficient (Wildman–Crippen LogP) is 2.40. The van der Waals surface area contributed by atoms with Crippen LogP contribution < -0.4 is 10.5 Å². The van der Waals surface area contributed by atoms with E-state index in [0.29, 0.717) is 0 Å². The van der Waals surface area contributed by atoms with Crippen LogP contribution in [0.3, 0.4) is 0 Å². The number of hydrogen-bond donors (Lipinski definition) is 1. The first-order chi connectivity index (χ1) is 6.88. The molecule has 0 saturated heterocycles. The van der Waals surface area contributed by atoms with Crippen LogP contribution >= 0.6 is 0 Å². The van der Waals surface area contributed by atoms with E-state index < -0.39 is 23.6 Å². The van der Waals surface area contributed by atoms with Gasteiger partial charge in [0.2, 0.25) is 0 Å². The fourth-order valence-electron chi connectivity index (χ4n) is 1.10. The zero-order chi connectivity index (χ0) is 11.6. The molecule has 1 aromatic carbocycles. The van der Waals surface area contributed by atoms with Crippen molar-refractivity contribution in [3.63, 3.8) is 0 Å². The van der Waals surface area contributed by atoms with E-state index in [0.717, 1.165) is 6.07 Å². The van der Waals surface area contributed by atoms with E-state index in [1.165, 1.54) is 19.2 Å². The Balaban J connectivity index is 3.15. The standard InChI is InChI=1S/C9H9F4NO/c1-15-6-4-2-3-5(7(6)10)8(14)9(11,12)13/h2-4,8H,14H2,1H3/t8-/m0/s1. The SMILES string of the molecule is COc1cccc([C@H](N)C(F)(F)F)c1F. The molecule has 0 aliphatic rings. The molecule has 1 atom stereocenters. The van der Waals surface area contributed by atoms with Crippen LogP contribution in [0, 0.1) is 5.82 Å². The van der Waals surface area contributed by atoms with Gasteiger partial charge in [0.25, 0.3) is 0 Å². The third-order valence-electron chi connectivity index (χ3n) is 1.90. The highest BCUT2D eigenvalue weighted by Crippen LogP contribution is 2.34. The maximum absolute atomic E-state index is 13.3. The molecule has 0 bridgehead atoms. The van der Waals surface area contributed by atoms with Crippen molar-refractivity contribution in [1.29, 1.82) is 0 Å². The molecule has 84 valence electrons. The molecule has 0 aromatic heterocycles. The predicted molar refractivity (Wildman–Crippen MR) is 45.9 cm³/mol. The molecule has 2 nitrogen and oxygen atoms in total. The number of alkyl halides is 3. The summed E-state index contributed by atoms with van der Waals surface area (Å²) in [6, 6.07) is 1.12. The quantitative estimate of drug-likeness (QED) is 0.781. The Hall–Kier alpha value is -1.30. The van der Waals surface area contributed by atoms with Crippen molar-refractivity contribution < 1.29 is 22.3 Å². The highest BCUT2D eigenvalue weighted by molar-refractivity contribution is 5.33.